The van der Waals surface area contributed by atoms with Crippen molar-refractivity contribution in [3.63, 3.8) is 0 Å². The summed E-state index contributed by atoms with van der Waals surface area (Å²) in [6.07, 6.45) is 0. The molecule has 1 atom stereocenters. The molecule has 0 aliphatic heterocycles. The second-order valence-electron chi connectivity index (χ2n) is 11.8. The van der Waals surface area contributed by atoms with Crippen LogP contribution in [0.5, 0.6) is 0 Å². The van der Waals surface area contributed by atoms with Crippen LogP contribution in [0.4, 0.5) is 0 Å². The average Bonchev–Trinajstić information content (AvgIpc) is 2.71. The fraction of sp³-hybridized carbons (Fsp3) is 0.600. The summed E-state index contributed by atoms with van der Waals surface area (Å²) in [5.74, 6) is 2.72. The Morgan fingerprint density at radius 2 is 0.906 bits per heavy atom. The summed E-state index contributed by atoms with van der Waals surface area (Å²) >= 11 is 0. The molecule has 2 aromatic carbocycles. The van der Waals surface area contributed by atoms with Gasteiger partial charge in [0.2, 0.25) is 0 Å². The van der Waals surface area contributed by atoms with E-state index in [1.165, 1.54) is 22.3 Å². The molecule has 2 heteroatoms. The van der Waals surface area contributed by atoms with Crippen molar-refractivity contribution in [3.8, 4) is 0 Å². The third kappa shape index (κ3) is 5.77. The van der Waals surface area contributed by atoms with Gasteiger partial charge in [-0.05, 0) is 73.2 Å². The summed E-state index contributed by atoms with van der Waals surface area (Å²) in [6, 6.07) is 12.5. The van der Waals surface area contributed by atoms with Gasteiger partial charge in [-0.3, -0.25) is 0 Å². The predicted octanol–water partition coefficient (Wildman–Crippen LogP) is 8.89. The van der Waals surface area contributed by atoms with Crippen molar-refractivity contribution in [1.29, 1.82) is 0 Å². The molecule has 0 bridgehead atoms. The zero-order valence-electron chi connectivity index (χ0n) is 22.9. The lowest BCUT2D eigenvalue weighted by Gasteiger charge is -2.36. The molecule has 2 aromatic rings. The third-order valence-electron chi connectivity index (χ3n) is 7.11. The maximum Gasteiger partial charge on any atom is 0.120 e. The monoisotopic (exact) mass is 467 g/mol. The predicted molar refractivity (Wildman–Crippen MR) is 151 cm³/mol. The molecule has 0 heterocycles. The summed E-state index contributed by atoms with van der Waals surface area (Å²) in [6.45, 7) is 28.4. The lowest BCUT2D eigenvalue weighted by molar-refractivity contribution is 0.733. The highest BCUT2D eigenvalue weighted by atomic mass is 31.3. The van der Waals surface area contributed by atoms with Gasteiger partial charge >= 0.3 is 0 Å². The summed E-state index contributed by atoms with van der Waals surface area (Å²) in [5, 5.41) is 1.76. The molecule has 0 fully saturated rings. The quantitative estimate of drug-likeness (QED) is 0.268. The van der Waals surface area contributed by atoms with Gasteiger partial charge in [0, 0.05) is 0 Å². The Hall–Kier alpha value is -0.913. The largest absolute Gasteiger partial charge is 0.145 e. The van der Waals surface area contributed by atoms with Gasteiger partial charge in [0.1, 0.15) is 8.46 Å². The second-order valence-corrected chi connectivity index (χ2v) is 16.1. The highest BCUT2D eigenvalue weighted by Crippen LogP contribution is 2.37. The Bertz CT molecular complexity index is 863. The molecule has 0 aliphatic rings. The van der Waals surface area contributed by atoms with Crippen molar-refractivity contribution in [2.45, 2.75) is 118 Å². The number of hydrogen-bond acceptors (Lipinski definition) is 0. The van der Waals surface area contributed by atoms with Crippen LogP contribution in [0.15, 0.2) is 30.3 Å². The summed E-state index contributed by atoms with van der Waals surface area (Å²) in [4.78, 5) is 0. The Kier molecular flexibility index (Phi) is 9.02. The van der Waals surface area contributed by atoms with E-state index in [0.717, 1.165) is 0 Å². The summed E-state index contributed by atoms with van der Waals surface area (Å²) < 4.78 is 0. The molecule has 0 saturated carbocycles. The lowest BCUT2D eigenvalue weighted by atomic mass is 9.89. The molecule has 2 rings (SSSR count). The van der Waals surface area contributed by atoms with E-state index in [1.807, 2.05) is 0 Å². The zero-order valence-corrected chi connectivity index (χ0v) is 25.0. The molecule has 0 N–H and O–H groups in total. The third-order valence-corrected chi connectivity index (χ3v) is 12.9. The number of benzene rings is 2. The second kappa shape index (κ2) is 10.6. The topological polar surface area (TPSA) is 0 Å². The van der Waals surface area contributed by atoms with E-state index < -0.39 is 8.46 Å². The van der Waals surface area contributed by atoms with Gasteiger partial charge in [-0.25, -0.2) is 0 Å². The molecule has 1 radical (unpaired) electrons. The first-order chi connectivity index (χ1) is 14.7. The van der Waals surface area contributed by atoms with E-state index >= 15 is 0 Å². The van der Waals surface area contributed by atoms with Crippen LogP contribution >= 0.6 is 8.79 Å². The van der Waals surface area contributed by atoms with Crippen LogP contribution in [0, 0.1) is 0 Å². The fourth-order valence-electron chi connectivity index (χ4n) is 4.44. The van der Waals surface area contributed by atoms with Gasteiger partial charge < -0.3 is 0 Å². The van der Waals surface area contributed by atoms with Crippen LogP contribution < -0.4 is 5.19 Å². The van der Waals surface area contributed by atoms with Crippen LogP contribution in [0.1, 0.15) is 146 Å². The van der Waals surface area contributed by atoms with Gasteiger partial charge in [-0.15, -0.1) is 8.79 Å². The Morgan fingerprint density at radius 1 is 0.562 bits per heavy atom. The first-order valence-corrected chi connectivity index (χ1v) is 16.0. The van der Waals surface area contributed by atoms with Crippen molar-refractivity contribution < 1.29 is 0 Å². The molecule has 0 amide bonds. The van der Waals surface area contributed by atoms with E-state index in [2.05, 4.69) is 122 Å². The standard InChI is InChI=1S/C30H48PSi/c1-18(2)23-13-24(19(3)4)15-26(14-23)30(11,12)32(31)29-27(21(7)8)16-25(20(5)6)17-28(29)22(9)10/h13-22H,31H2,1-12H3. The highest BCUT2D eigenvalue weighted by Gasteiger charge is 2.36. The smallest absolute Gasteiger partial charge is 0.120 e. The minimum absolute atomic E-state index is 0.108. The maximum atomic E-state index is 3.37. The molecule has 0 spiro atoms. The van der Waals surface area contributed by atoms with Crippen LogP contribution in [0.2, 0.25) is 0 Å². The van der Waals surface area contributed by atoms with E-state index in [-0.39, 0.29) is 5.04 Å². The van der Waals surface area contributed by atoms with E-state index in [9.17, 15) is 0 Å². The van der Waals surface area contributed by atoms with E-state index in [4.69, 9.17) is 0 Å². The first-order valence-electron chi connectivity index (χ1n) is 12.6. The van der Waals surface area contributed by atoms with Gasteiger partial charge in [0.15, 0.2) is 0 Å². The van der Waals surface area contributed by atoms with Crippen LogP contribution in [0.25, 0.3) is 0 Å². The van der Waals surface area contributed by atoms with E-state index in [1.54, 1.807) is 16.3 Å². The molecule has 177 valence electrons. The van der Waals surface area contributed by atoms with Gasteiger partial charge in [-0.2, -0.15) is 0 Å². The normalized spacial score (nSPS) is 13.0. The first kappa shape index (κ1) is 27.3. The Labute approximate surface area is 203 Å². The van der Waals surface area contributed by atoms with Crippen molar-refractivity contribution in [1.82, 2.24) is 0 Å². The van der Waals surface area contributed by atoms with Gasteiger partial charge in [0.25, 0.3) is 0 Å². The fourth-order valence-corrected chi connectivity index (χ4v) is 8.36. The van der Waals surface area contributed by atoms with Crippen molar-refractivity contribution in [2.75, 3.05) is 0 Å². The van der Waals surface area contributed by atoms with Crippen molar-refractivity contribution in [2.24, 2.45) is 0 Å². The molecule has 1 unspecified atom stereocenters. The maximum absolute atomic E-state index is 3.37. The molecule has 0 aromatic heterocycles. The summed E-state index contributed by atoms with van der Waals surface area (Å²) in [5.41, 5.74) is 9.09. The molecular formula is C30H48PSi. The average molecular weight is 468 g/mol. The van der Waals surface area contributed by atoms with Gasteiger partial charge in [-0.1, -0.05) is 113 Å². The Balaban J connectivity index is 2.77. The van der Waals surface area contributed by atoms with Crippen molar-refractivity contribution >= 4 is 22.4 Å². The number of rotatable bonds is 8. The highest BCUT2D eigenvalue weighted by molar-refractivity contribution is 7.65. The van der Waals surface area contributed by atoms with Crippen LogP contribution in [0.3, 0.4) is 0 Å². The lowest BCUT2D eigenvalue weighted by Crippen LogP contribution is -2.46. The number of hydrogen-bond donors (Lipinski definition) is 0. The Morgan fingerprint density at radius 3 is 1.22 bits per heavy atom. The van der Waals surface area contributed by atoms with Crippen LogP contribution in [-0.4, -0.2) is 8.46 Å². The van der Waals surface area contributed by atoms with Crippen molar-refractivity contribution in [3.05, 3.63) is 63.7 Å². The molecule has 0 nitrogen and oxygen atoms in total. The molecule has 32 heavy (non-hydrogen) atoms. The summed E-state index contributed by atoms with van der Waals surface area (Å²) in [7, 11) is 2.42. The van der Waals surface area contributed by atoms with Gasteiger partial charge in [0.05, 0.1) is 0 Å². The minimum Gasteiger partial charge on any atom is -0.145 e. The van der Waals surface area contributed by atoms with E-state index in [0.29, 0.717) is 29.6 Å². The molecule has 0 saturated heterocycles. The van der Waals surface area contributed by atoms with Crippen LogP contribution in [-0.2, 0) is 5.04 Å². The SMILES string of the molecule is CC(C)c1cc(C(C)C)cc(C(C)(C)[Si](P)c2c(C(C)C)cc(C(C)C)cc2C(C)C)c1. The zero-order chi connectivity index (χ0) is 24.5. The molecular weight excluding hydrogens is 419 g/mol. The minimum atomic E-state index is -0.953. The molecule has 0 aliphatic carbocycles.